The zero-order chi connectivity index (χ0) is 13.5. The van der Waals surface area contributed by atoms with E-state index in [1.54, 1.807) is 12.1 Å². The van der Waals surface area contributed by atoms with Crippen molar-refractivity contribution in [2.75, 3.05) is 13.7 Å². The molecule has 94 valence electrons. The van der Waals surface area contributed by atoms with Crippen LogP contribution in [0.1, 0.15) is 5.56 Å². The fourth-order valence-corrected chi connectivity index (χ4v) is 1.81. The minimum absolute atomic E-state index is 0.110. The number of nitrogens with zero attached hydrogens (tertiary/aromatic N) is 1. The first-order valence-corrected chi connectivity index (χ1v) is 5.63. The third kappa shape index (κ3) is 3.79. The van der Waals surface area contributed by atoms with Crippen LogP contribution in [0.2, 0.25) is 0 Å². The van der Waals surface area contributed by atoms with E-state index in [2.05, 4.69) is 21.9 Å². The summed E-state index contributed by atoms with van der Waals surface area (Å²) in [5, 5.41) is 10.2. The van der Waals surface area contributed by atoms with E-state index in [4.69, 9.17) is 15.9 Å². The molecule has 0 aliphatic heterocycles. The van der Waals surface area contributed by atoms with Gasteiger partial charge in [-0.3, -0.25) is 10.1 Å². The van der Waals surface area contributed by atoms with E-state index in [0.717, 1.165) is 6.20 Å². The molecule has 1 rings (SSSR count). The van der Waals surface area contributed by atoms with Gasteiger partial charge in [-0.15, -0.1) is 6.42 Å². The Morgan fingerprint density at radius 1 is 1.61 bits per heavy atom. The fraction of sp³-hybridized carbons (Fsp3) is 0.167. The molecule has 0 saturated carbocycles. The fourth-order valence-electron chi connectivity index (χ4n) is 1.24. The molecule has 18 heavy (non-hydrogen) atoms. The van der Waals surface area contributed by atoms with Gasteiger partial charge in [0.15, 0.2) is 11.5 Å². The van der Waals surface area contributed by atoms with Crippen LogP contribution >= 0.6 is 15.9 Å². The van der Waals surface area contributed by atoms with Crippen LogP contribution in [0.4, 0.5) is 0 Å². The molecule has 0 aliphatic rings. The van der Waals surface area contributed by atoms with Gasteiger partial charge in [0.25, 0.3) is 0 Å². The van der Waals surface area contributed by atoms with Crippen LogP contribution in [0.25, 0.3) is 6.08 Å². The van der Waals surface area contributed by atoms with E-state index < -0.39 is 4.92 Å². The minimum Gasteiger partial charge on any atom is -0.493 e. The first-order valence-electron chi connectivity index (χ1n) is 4.84. The molecule has 0 bridgehead atoms. The number of benzene rings is 1. The molecule has 0 spiro atoms. The van der Waals surface area contributed by atoms with Gasteiger partial charge in [-0.25, -0.2) is 0 Å². The standard InChI is InChI=1S/C12H10BrNO4/c1-3-6-18-12-10(13)7-9(4-5-14(15)16)8-11(12)17-2/h1,4-5,7-8H,6H2,2H3/b5-4+. The summed E-state index contributed by atoms with van der Waals surface area (Å²) in [5.74, 6) is 3.26. The summed E-state index contributed by atoms with van der Waals surface area (Å²) >= 11 is 3.30. The van der Waals surface area contributed by atoms with Crippen LogP contribution in [0, 0.1) is 22.5 Å². The van der Waals surface area contributed by atoms with E-state index in [-0.39, 0.29) is 6.61 Å². The number of halogens is 1. The summed E-state index contributed by atoms with van der Waals surface area (Å²) in [6, 6.07) is 3.30. The van der Waals surface area contributed by atoms with Crippen molar-refractivity contribution in [2.24, 2.45) is 0 Å². The van der Waals surface area contributed by atoms with Crippen molar-refractivity contribution in [3.63, 3.8) is 0 Å². The van der Waals surface area contributed by atoms with Crippen LogP contribution in [-0.2, 0) is 0 Å². The van der Waals surface area contributed by atoms with Crippen molar-refractivity contribution in [1.29, 1.82) is 0 Å². The first kappa shape index (κ1) is 14.1. The van der Waals surface area contributed by atoms with E-state index in [1.807, 2.05) is 0 Å². The number of nitro groups is 1. The van der Waals surface area contributed by atoms with Crippen molar-refractivity contribution in [3.8, 4) is 23.8 Å². The highest BCUT2D eigenvalue weighted by atomic mass is 79.9. The van der Waals surface area contributed by atoms with E-state index >= 15 is 0 Å². The Balaban J connectivity index is 3.10. The van der Waals surface area contributed by atoms with Gasteiger partial charge in [0.05, 0.1) is 16.5 Å². The highest BCUT2D eigenvalue weighted by Crippen LogP contribution is 2.36. The highest BCUT2D eigenvalue weighted by molar-refractivity contribution is 9.10. The maximum absolute atomic E-state index is 10.2. The number of methoxy groups -OCH3 is 1. The summed E-state index contributed by atoms with van der Waals surface area (Å²) in [6.45, 7) is 0.110. The lowest BCUT2D eigenvalue weighted by Crippen LogP contribution is -1.98. The molecule has 0 unspecified atom stereocenters. The quantitative estimate of drug-likeness (QED) is 0.476. The lowest BCUT2D eigenvalue weighted by molar-refractivity contribution is -0.400. The van der Waals surface area contributed by atoms with Crippen LogP contribution in [0.3, 0.4) is 0 Å². The Hall–Kier alpha value is -2.00. The van der Waals surface area contributed by atoms with Crippen molar-refractivity contribution in [1.82, 2.24) is 0 Å². The summed E-state index contributed by atoms with van der Waals surface area (Å²) in [7, 11) is 1.48. The monoisotopic (exact) mass is 311 g/mol. The molecule has 1 aromatic carbocycles. The Bertz CT molecular complexity index is 520. The lowest BCUT2D eigenvalue weighted by Gasteiger charge is -2.11. The Kier molecular flexibility index (Phi) is 5.21. The summed E-state index contributed by atoms with van der Waals surface area (Å²) in [5.41, 5.74) is 0.614. The average Bonchev–Trinajstić information content (AvgIpc) is 2.34. The second-order valence-corrected chi connectivity index (χ2v) is 3.98. The van der Waals surface area contributed by atoms with Gasteiger partial charge < -0.3 is 9.47 Å². The summed E-state index contributed by atoms with van der Waals surface area (Å²) in [4.78, 5) is 9.71. The van der Waals surface area contributed by atoms with Gasteiger partial charge in [-0.2, -0.15) is 0 Å². The molecule has 0 atom stereocenters. The smallest absolute Gasteiger partial charge is 0.235 e. The molecule has 0 aliphatic carbocycles. The second-order valence-electron chi connectivity index (χ2n) is 3.13. The Morgan fingerprint density at radius 3 is 2.89 bits per heavy atom. The van der Waals surface area contributed by atoms with E-state index in [0.29, 0.717) is 21.5 Å². The summed E-state index contributed by atoms with van der Waals surface area (Å²) in [6.07, 6.45) is 7.32. The summed E-state index contributed by atoms with van der Waals surface area (Å²) < 4.78 is 11.1. The van der Waals surface area contributed by atoms with Crippen molar-refractivity contribution in [3.05, 3.63) is 38.5 Å². The predicted molar refractivity (Wildman–Crippen MR) is 71.1 cm³/mol. The number of terminal acetylenes is 1. The van der Waals surface area contributed by atoms with Crippen LogP contribution in [0.5, 0.6) is 11.5 Å². The zero-order valence-corrected chi connectivity index (χ0v) is 11.1. The molecule has 0 N–H and O–H groups in total. The number of hydrogen-bond donors (Lipinski definition) is 0. The number of hydrogen-bond acceptors (Lipinski definition) is 4. The number of ether oxygens (including phenoxy) is 2. The maximum Gasteiger partial charge on any atom is 0.235 e. The second kappa shape index (κ2) is 6.67. The average molecular weight is 312 g/mol. The lowest BCUT2D eigenvalue weighted by atomic mass is 10.2. The van der Waals surface area contributed by atoms with Crippen LogP contribution in [0.15, 0.2) is 22.8 Å². The Labute approximate surface area is 113 Å². The SMILES string of the molecule is C#CCOc1c(Br)cc(/C=C/[N+](=O)[O-])cc1OC. The van der Waals surface area contributed by atoms with Gasteiger partial charge in [-0.05, 0) is 33.6 Å². The van der Waals surface area contributed by atoms with Crippen LogP contribution < -0.4 is 9.47 Å². The molecule has 6 heteroatoms. The van der Waals surface area contributed by atoms with Gasteiger partial charge in [-0.1, -0.05) is 5.92 Å². The van der Waals surface area contributed by atoms with Gasteiger partial charge >= 0.3 is 0 Å². The third-order valence-electron chi connectivity index (χ3n) is 1.94. The maximum atomic E-state index is 10.2. The van der Waals surface area contributed by atoms with Gasteiger partial charge in [0.1, 0.15) is 6.61 Å². The van der Waals surface area contributed by atoms with Gasteiger partial charge in [0.2, 0.25) is 6.20 Å². The van der Waals surface area contributed by atoms with E-state index in [9.17, 15) is 10.1 Å². The zero-order valence-electron chi connectivity index (χ0n) is 9.55. The normalized spacial score (nSPS) is 10.1. The molecule has 0 heterocycles. The number of rotatable bonds is 5. The van der Waals surface area contributed by atoms with Crippen molar-refractivity contribution < 1.29 is 14.4 Å². The Morgan fingerprint density at radius 2 is 2.33 bits per heavy atom. The van der Waals surface area contributed by atoms with Crippen molar-refractivity contribution >= 4 is 22.0 Å². The van der Waals surface area contributed by atoms with Crippen LogP contribution in [-0.4, -0.2) is 18.6 Å². The molecule has 0 amide bonds. The van der Waals surface area contributed by atoms with Crippen molar-refractivity contribution in [2.45, 2.75) is 0 Å². The largest absolute Gasteiger partial charge is 0.493 e. The third-order valence-corrected chi connectivity index (χ3v) is 2.53. The molecule has 0 aromatic heterocycles. The van der Waals surface area contributed by atoms with E-state index in [1.165, 1.54) is 13.2 Å². The van der Waals surface area contributed by atoms with Gasteiger partial charge in [0, 0.05) is 6.08 Å². The minimum atomic E-state index is -0.539. The topological polar surface area (TPSA) is 61.6 Å². The molecular formula is C12H10BrNO4. The first-order chi connectivity index (χ1) is 8.58. The molecule has 0 fully saturated rings. The molecule has 0 saturated heterocycles. The molecule has 5 nitrogen and oxygen atoms in total. The molecule has 0 radical (unpaired) electrons. The predicted octanol–water partition coefficient (Wildman–Crippen LogP) is 2.72. The molecular weight excluding hydrogens is 302 g/mol. The molecule has 1 aromatic rings. The highest BCUT2D eigenvalue weighted by Gasteiger charge is 2.10.